The van der Waals surface area contributed by atoms with Crippen molar-refractivity contribution in [1.82, 2.24) is 24.3 Å². The van der Waals surface area contributed by atoms with Crippen LogP contribution in [0.1, 0.15) is 13.3 Å². The number of hydrogen-bond acceptors (Lipinski definition) is 4. The van der Waals surface area contributed by atoms with Crippen LogP contribution in [0.5, 0.6) is 0 Å². The minimum Gasteiger partial charge on any atom is -0.339 e. The Labute approximate surface area is 139 Å². The van der Waals surface area contributed by atoms with Gasteiger partial charge >= 0.3 is 0 Å². The van der Waals surface area contributed by atoms with Gasteiger partial charge < -0.3 is 5.32 Å². The zero-order chi connectivity index (χ0) is 16.4. The molecule has 0 spiro atoms. The lowest BCUT2D eigenvalue weighted by Crippen LogP contribution is -2.06. The summed E-state index contributed by atoms with van der Waals surface area (Å²) < 4.78 is 3.83. The van der Waals surface area contributed by atoms with Gasteiger partial charge in [-0.2, -0.15) is 15.1 Å². The van der Waals surface area contributed by atoms with Gasteiger partial charge in [0.25, 0.3) is 0 Å². The van der Waals surface area contributed by atoms with E-state index in [0.717, 1.165) is 35.5 Å². The number of para-hydroxylation sites is 1. The Bertz CT molecular complexity index is 940. The molecule has 0 saturated carbocycles. The molecule has 0 atom stereocenters. The summed E-state index contributed by atoms with van der Waals surface area (Å²) in [6, 6.07) is 13.9. The van der Waals surface area contributed by atoms with Crippen LogP contribution in [0.4, 0.5) is 11.5 Å². The summed E-state index contributed by atoms with van der Waals surface area (Å²) in [6.07, 6.45) is 6.71. The molecule has 0 bridgehead atoms. The standard InChI is InChI=1S/C18H18N6/c1-2-10-24-17-15(13-19-24)16(20-14-8-4-3-5-9-14)21-18(22-17)23-11-6-7-12-23/h3-9,11-13H,2,10H2,1H3,(H,20,21,22). The number of nitrogens with zero attached hydrogens (tertiary/aromatic N) is 5. The lowest BCUT2D eigenvalue weighted by atomic mass is 10.3. The molecule has 0 fully saturated rings. The second-order valence-corrected chi connectivity index (χ2v) is 5.56. The Kier molecular flexibility index (Phi) is 3.70. The smallest absolute Gasteiger partial charge is 0.237 e. The predicted molar refractivity (Wildman–Crippen MR) is 94.7 cm³/mol. The fraction of sp³-hybridized carbons (Fsp3) is 0.167. The number of rotatable bonds is 5. The van der Waals surface area contributed by atoms with Gasteiger partial charge in [-0.05, 0) is 30.7 Å². The molecule has 0 saturated heterocycles. The third-order valence-corrected chi connectivity index (χ3v) is 3.79. The molecule has 0 aliphatic rings. The fourth-order valence-electron chi connectivity index (χ4n) is 2.66. The summed E-state index contributed by atoms with van der Waals surface area (Å²) in [5.41, 5.74) is 1.83. The first kappa shape index (κ1) is 14.4. The van der Waals surface area contributed by atoms with Crippen LogP contribution in [0.25, 0.3) is 17.0 Å². The van der Waals surface area contributed by atoms with E-state index in [1.807, 2.05) is 70.3 Å². The zero-order valence-electron chi connectivity index (χ0n) is 13.4. The van der Waals surface area contributed by atoms with Crippen molar-refractivity contribution in [2.24, 2.45) is 0 Å². The third kappa shape index (κ3) is 2.62. The minimum absolute atomic E-state index is 0.629. The van der Waals surface area contributed by atoms with E-state index in [1.54, 1.807) is 0 Å². The van der Waals surface area contributed by atoms with Crippen molar-refractivity contribution < 1.29 is 0 Å². The molecule has 24 heavy (non-hydrogen) atoms. The van der Waals surface area contributed by atoms with Gasteiger partial charge in [0.1, 0.15) is 5.82 Å². The van der Waals surface area contributed by atoms with Crippen molar-refractivity contribution in [3.63, 3.8) is 0 Å². The summed E-state index contributed by atoms with van der Waals surface area (Å²) in [6.45, 7) is 2.96. The highest BCUT2D eigenvalue weighted by atomic mass is 15.3. The summed E-state index contributed by atoms with van der Waals surface area (Å²) in [7, 11) is 0. The molecule has 6 nitrogen and oxygen atoms in total. The van der Waals surface area contributed by atoms with Crippen LogP contribution in [0.3, 0.4) is 0 Å². The van der Waals surface area contributed by atoms with E-state index in [-0.39, 0.29) is 0 Å². The molecule has 4 aromatic rings. The Balaban J connectivity index is 1.87. The molecule has 1 aromatic carbocycles. The second kappa shape index (κ2) is 6.16. The van der Waals surface area contributed by atoms with E-state index in [9.17, 15) is 0 Å². The number of aryl methyl sites for hydroxylation is 1. The van der Waals surface area contributed by atoms with Crippen LogP contribution in [-0.4, -0.2) is 24.3 Å². The van der Waals surface area contributed by atoms with Gasteiger partial charge in [0.2, 0.25) is 5.95 Å². The fourth-order valence-corrected chi connectivity index (χ4v) is 2.66. The molecule has 120 valence electrons. The Morgan fingerprint density at radius 3 is 2.54 bits per heavy atom. The number of nitrogens with one attached hydrogen (secondary N) is 1. The Hall–Kier alpha value is -3.15. The number of anilines is 2. The molecular weight excluding hydrogens is 300 g/mol. The number of benzene rings is 1. The van der Waals surface area contributed by atoms with Gasteiger partial charge in [-0.1, -0.05) is 25.1 Å². The monoisotopic (exact) mass is 318 g/mol. The number of fused-ring (bicyclic) bond motifs is 1. The average molecular weight is 318 g/mol. The SMILES string of the molecule is CCCn1ncc2c(Nc3ccccc3)nc(-n3cccc3)nc21. The average Bonchev–Trinajstić information content (AvgIpc) is 3.26. The van der Waals surface area contributed by atoms with E-state index in [2.05, 4.69) is 17.3 Å². The third-order valence-electron chi connectivity index (χ3n) is 3.79. The highest BCUT2D eigenvalue weighted by Crippen LogP contribution is 2.25. The van der Waals surface area contributed by atoms with Crippen molar-refractivity contribution in [2.45, 2.75) is 19.9 Å². The Morgan fingerprint density at radius 2 is 1.79 bits per heavy atom. The highest BCUT2D eigenvalue weighted by molar-refractivity contribution is 5.89. The van der Waals surface area contributed by atoms with Gasteiger partial charge in [-0.25, -0.2) is 4.68 Å². The van der Waals surface area contributed by atoms with Crippen LogP contribution in [-0.2, 0) is 6.54 Å². The molecule has 3 aromatic heterocycles. The molecule has 3 heterocycles. The first-order valence-corrected chi connectivity index (χ1v) is 8.04. The summed E-state index contributed by atoms with van der Waals surface area (Å²) in [4.78, 5) is 9.41. The van der Waals surface area contributed by atoms with Gasteiger partial charge in [0, 0.05) is 24.6 Å². The predicted octanol–water partition coefficient (Wildman–Crippen LogP) is 3.77. The van der Waals surface area contributed by atoms with E-state index in [4.69, 9.17) is 9.97 Å². The molecule has 6 heteroatoms. The lowest BCUT2D eigenvalue weighted by Gasteiger charge is -2.10. The largest absolute Gasteiger partial charge is 0.339 e. The van der Waals surface area contributed by atoms with E-state index < -0.39 is 0 Å². The quantitative estimate of drug-likeness (QED) is 0.608. The maximum atomic E-state index is 4.71. The normalized spacial score (nSPS) is 11.0. The molecule has 0 radical (unpaired) electrons. The van der Waals surface area contributed by atoms with Gasteiger partial charge in [0.05, 0.1) is 11.6 Å². The lowest BCUT2D eigenvalue weighted by molar-refractivity contribution is 0.616. The van der Waals surface area contributed by atoms with Crippen molar-refractivity contribution >= 4 is 22.5 Å². The highest BCUT2D eigenvalue weighted by Gasteiger charge is 2.13. The maximum absolute atomic E-state index is 4.71. The first-order valence-electron chi connectivity index (χ1n) is 8.04. The van der Waals surface area contributed by atoms with Crippen LogP contribution >= 0.6 is 0 Å². The van der Waals surface area contributed by atoms with E-state index >= 15 is 0 Å². The van der Waals surface area contributed by atoms with Crippen molar-refractivity contribution in [3.05, 3.63) is 61.1 Å². The van der Waals surface area contributed by atoms with Crippen LogP contribution in [0.15, 0.2) is 61.1 Å². The van der Waals surface area contributed by atoms with Crippen molar-refractivity contribution in [3.8, 4) is 5.95 Å². The number of hydrogen-bond donors (Lipinski definition) is 1. The number of aromatic nitrogens is 5. The molecule has 0 amide bonds. The van der Waals surface area contributed by atoms with Gasteiger partial charge in [-0.15, -0.1) is 0 Å². The molecule has 0 unspecified atom stereocenters. The van der Waals surface area contributed by atoms with Crippen molar-refractivity contribution in [1.29, 1.82) is 0 Å². The summed E-state index contributed by atoms with van der Waals surface area (Å²) in [5, 5.41) is 8.78. The van der Waals surface area contributed by atoms with Crippen molar-refractivity contribution in [2.75, 3.05) is 5.32 Å². The van der Waals surface area contributed by atoms with Gasteiger partial charge in [-0.3, -0.25) is 4.57 Å². The Morgan fingerprint density at radius 1 is 1.00 bits per heavy atom. The minimum atomic E-state index is 0.629. The van der Waals surface area contributed by atoms with E-state index in [1.165, 1.54) is 0 Å². The van der Waals surface area contributed by atoms with Crippen LogP contribution < -0.4 is 5.32 Å². The molecule has 0 aliphatic heterocycles. The molecular formula is C18H18N6. The summed E-state index contributed by atoms with van der Waals surface area (Å²) in [5.74, 6) is 1.39. The molecule has 4 rings (SSSR count). The van der Waals surface area contributed by atoms with Crippen LogP contribution in [0, 0.1) is 0 Å². The summed E-state index contributed by atoms with van der Waals surface area (Å²) >= 11 is 0. The second-order valence-electron chi connectivity index (χ2n) is 5.56. The topological polar surface area (TPSA) is 60.6 Å². The zero-order valence-corrected chi connectivity index (χ0v) is 13.4. The first-order chi connectivity index (χ1) is 11.8. The van der Waals surface area contributed by atoms with Gasteiger partial charge in [0.15, 0.2) is 5.65 Å². The van der Waals surface area contributed by atoms with E-state index in [0.29, 0.717) is 5.95 Å². The molecule has 1 N–H and O–H groups in total. The molecule has 0 aliphatic carbocycles. The maximum Gasteiger partial charge on any atom is 0.237 e. The van der Waals surface area contributed by atoms with Crippen LogP contribution in [0.2, 0.25) is 0 Å².